The van der Waals surface area contributed by atoms with Gasteiger partial charge in [0.1, 0.15) is 5.76 Å². The van der Waals surface area contributed by atoms with E-state index in [0.717, 1.165) is 16.7 Å². The molecule has 0 fully saturated rings. The lowest BCUT2D eigenvalue weighted by Crippen LogP contribution is -2.22. The fourth-order valence-electron chi connectivity index (χ4n) is 2.58. The van der Waals surface area contributed by atoms with Crippen molar-refractivity contribution in [3.63, 3.8) is 0 Å². The van der Waals surface area contributed by atoms with Gasteiger partial charge in [0.2, 0.25) is 0 Å². The second kappa shape index (κ2) is 4.72. The van der Waals surface area contributed by atoms with Crippen LogP contribution in [-0.2, 0) is 0 Å². The minimum atomic E-state index is -0.740. The first kappa shape index (κ1) is 12.3. The van der Waals surface area contributed by atoms with E-state index in [1.807, 2.05) is 48.5 Å². The van der Waals surface area contributed by atoms with E-state index in [-0.39, 0.29) is 11.7 Å². The highest BCUT2D eigenvalue weighted by atomic mass is 35.5. The van der Waals surface area contributed by atoms with Crippen LogP contribution in [0.1, 0.15) is 22.6 Å². The standard InChI is InChI=1S/C16H13ClO2/c17-11-7-5-10(6-8-11)16-13-4-2-1-3-12(13)14(18)9-15(16)19/h1-9,15-16,18-19H. The summed E-state index contributed by atoms with van der Waals surface area (Å²) in [6, 6.07) is 15.0. The maximum atomic E-state index is 10.2. The molecule has 0 spiro atoms. The van der Waals surface area contributed by atoms with Crippen LogP contribution in [0, 0.1) is 0 Å². The maximum Gasteiger partial charge on any atom is 0.121 e. The SMILES string of the molecule is OC1=CC(O)C(c2ccc(Cl)cc2)c2ccccc21. The van der Waals surface area contributed by atoms with Crippen molar-refractivity contribution in [3.8, 4) is 0 Å². The number of hydrogen-bond acceptors (Lipinski definition) is 2. The Morgan fingerprint density at radius 1 is 0.947 bits per heavy atom. The molecule has 0 aromatic heterocycles. The van der Waals surface area contributed by atoms with Crippen molar-refractivity contribution in [2.24, 2.45) is 0 Å². The molecule has 0 heterocycles. The monoisotopic (exact) mass is 272 g/mol. The van der Waals surface area contributed by atoms with E-state index in [1.54, 1.807) is 0 Å². The number of aliphatic hydroxyl groups is 2. The van der Waals surface area contributed by atoms with Crippen LogP contribution in [0.5, 0.6) is 0 Å². The quantitative estimate of drug-likeness (QED) is 0.830. The van der Waals surface area contributed by atoms with Crippen molar-refractivity contribution in [3.05, 3.63) is 76.3 Å². The Bertz CT molecular complexity index is 631. The Hall–Kier alpha value is -1.77. The number of aliphatic hydroxyl groups excluding tert-OH is 2. The molecule has 19 heavy (non-hydrogen) atoms. The first-order chi connectivity index (χ1) is 9.16. The van der Waals surface area contributed by atoms with Crippen LogP contribution in [-0.4, -0.2) is 16.3 Å². The van der Waals surface area contributed by atoms with Gasteiger partial charge in [-0.15, -0.1) is 0 Å². The van der Waals surface area contributed by atoms with Crippen molar-refractivity contribution in [2.75, 3.05) is 0 Å². The molecular formula is C16H13ClO2. The van der Waals surface area contributed by atoms with E-state index in [0.29, 0.717) is 5.02 Å². The third-order valence-electron chi connectivity index (χ3n) is 3.47. The van der Waals surface area contributed by atoms with Crippen LogP contribution in [0.4, 0.5) is 0 Å². The number of hydrogen-bond donors (Lipinski definition) is 2. The zero-order valence-electron chi connectivity index (χ0n) is 10.1. The number of halogens is 1. The average molecular weight is 273 g/mol. The third kappa shape index (κ3) is 2.14. The van der Waals surface area contributed by atoms with Crippen molar-refractivity contribution in [1.29, 1.82) is 0 Å². The first-order valence-electron chi connectivity index (χ1n) is 6.10. The van der Waals surface area contributed by atoms with E-state index in [4.69, 9.17) is 11.6 Å². The molecule has 2 N–H and O–H groups in total. The second-order valence-corrected chi connectivity index (χ2v) is 5.10. The minimum Gasteiger partial charge on any atom is -0.508 e. The predicted molar refractivity (Wildman–Crippen MR) is 76.3 cm³/mol. The highest BCUT2D eigenvalue weighted by molar-refractivity contribution is 6.30. The van der Waals surface area contributed by atoms with E-state index in [9.17, 15) is 10.2 Å². The molecule has 0 amide bonds. The maximum absolute atomic E-state index is 10.2. The molecule has 1 aliphatic rings. The molecule has 0 bridgehead atoms. The van der Waals surface area contributed by atoms with Crippen LogP contribution in [0.2, 0.25) is 5.02 Å². The van der Waals surface area contributed by atoms with Crippen molar-refractivity contribution < 1.29 is 10.2 Å². The zero-order valence-corrected chi connectivity index (χ0v) is 10.9. The molecule has 2 nitrogen and oxygen atoms in total. The summed E-state index contributed by atoms with van der Waals surface area (Å²) >= 11 is 5.90. The summed E-state index contributed by atoms with van der Waals surface area (Å²) in [5, 5.41) is 20.8. The molecule has 0 saturated carbocycles. The number of benzene rings is 2. The Morgan fingerprint density at radius 3 is 2.37 bits per heavy atom. The van der Waals surface area contributed by atoms with Crippen molar-refractivity contribution >= 4 is 17.4 Å². The van der Waals surface area contributed by atoms with Crippen LogP contribution in [0.15, 0.2) is 54.6 Å². The van der Waals surface area contributed by atoms with Gasteiger partial charge < -0.3 is 10.2 Å². The van der Waals surface area contributed by atoms with Crippen LogP contribution < -0.4 is 0 Å². The van der Waals surface area contributed by atoms with Crippen LogP contribution >= 0.6 is 11.6 Å². The summed E-state index contributed by atoms with van der Waals surface area (Å²) in [5.41, 5.74) is 2.68. The molecule has 1 aliphatic carbocycles. The Balaban J connectivity index is 2.14. The molecule has 0 aliphatic heterocycles. The van der Waals surface area contributed by atoms with Gasteiger partial charge in [0.15, 0.2) is 0 Å². The van der Waals surface area contributed by atoms with Gasteiger partial charge in [-0.3, -0.25) is 0 Å². The van der Waals surface area contributed by atoms with E-state index in [2.05, 4.69) is 0 Å². The lowest BCUT2D eigenvalue weighted by Gasteiger charge is -2.28. The smallest absolute Gasteiger partial charge is 0.121 e. The normalized spacial score (nSPS) is 21.7. The molecule has 2 atom stereocenters. The van der Waals surface area contributed by atoms with Crippen LogP contribution in [0.3, 0.4) is 0 Å². The van der Waals surface area contributed by atoms with E-state index < -0.39 is 6.10 Å². The molecular weight excluding hydrogens is 260 g/mol. The molecule has 0 radical (unpaired) electrons. The molecule has 2 aromatic rings. The lowest BCUT2D eigenvalue weighted by molar-refractivity contribution is 0.200. The van der Waals surface area contributed by atoms with E-state index in [1.165, 1.54) is 6.08 Å². The molecule has 2 unspecified atom stereocenters. The lowest BCUT2D eigenvalue weighted by atomic mass is 9.80. The summed E-state index contributed by atoms with van der Waals surface area (Å²) < 4.78 is 0. The molecule has 96 valence electrons. The second-order valence-electron chi connectivity index (χ2n) is 4.66. The summed E-state index contributed by atoms with van der Waals surface area (Å²) in [7, 11) is 0. The molecule has 0 saturated heterocycles. The van der Waals surface area contributed by atoms with Crippen LogP contribution in [0.25, 0.3) is 5.76 Å². The summed E-state index contributed by atoms with van der Waals surface area (Å²) in [6.07, 6.45) is 0.748. The Kier molecular flexibility index (Phi) is 3.05. The van der Waals surface area contributed by atoms with Gasteiger partial charge in [0.05, 0.1) is 6.10 Å². The van der Waals surface area contributed by atoms with Gasteiger partial charge >= 0.3 is 0 Å². The minimum absolute atomic E-state index is 0.133. The van der Waals surface area contributed by atoms with Gasteiger partial charge in [0.25, 0.3) is 0 Å². The Morgan fingerprint density at radius 2 is 1.63 bits per heavy atom. The van der Waals surface area contributed by atoms with Gasteiger partial charge in [-0.05, 0) is 29.3 Å². The fraction of sp³-hybridized carbons (Fsp3) is 0.125. The topological polar surface area (TPSA) is 40.5 Å². The molecule has 3 rings (SSSR count). The zero-order chi connectivity index (χ0) is 13.4. The third-order valence-corrected chi connectivity index (χ3v) is 3.72. The summed E-state index contributed by atoms with van der Waals surface area (Å²) in [6.45, 7) is 0. The van der Waals surface area contributed by atoms with E-state index >= 15 is 0 Å². The predicted octanol–water partition coefficient (Wildman–Crippen LogP) is 3.75. The average Bonchev–Trinajstić information content (AvgIpc) is 2.41. The highest BCUT2D eigenvalue weighted by Gasteiger charge is 2.29. The molecule has 2 aromatic carbocycles. The van der Waals surface area contributed by atoms with Gasteiger partial charge in [-0.1, -0.05) is 48.0 Å². The highest BCUT2D eigenvalue weighted by Crippen LogP contribution is 2.38. The Labute approximate surface area is 116 Å². The number of rotatable bonds is 1. The summed E-state index contributed by atoms with van der Waals surface area (Å²) in [5.74, 6) is -0.0438. The van der Waals surface area contributed by atoms with Gasteiger partial charge in [-0.25, -0.2) is 0 Å². The van der Waals surface area contributed by atoms with Crippen molar-refractivity contribution in [2.45, 2.75) is 12.0 Å². The summed E-state index contributed by atoms with van der Waals surface area (Å²) in [4.78, 5) is 0. The first-order valence-corrected chi connectivity index (χ1v) is 6.48. The van der Waals surface area contributed by atoms with Gasteiger partial charge in [-0.2, -0.15) is 0 Å². The number of fused-ring (bicyclic) bond motifs is 1. The van der Waals surface area contributed by atoms with Crippen molar-refractivity contribution in [1.82, 2.24) is 0 Å². The fourth-order valence-corrected chi connectivity index (χ4v) is 2.71. The van der Waals surface area contributed by atoms with Gasteiger partial charge in [0, 0.05) is 16.5 Å². The largest absolute Gasteiger partial charge is 0.508 e. The molecule has 3 heteroatoms.